The van der Waals surface area contributed by atoms with E-state index in [-0.39, 0.29) is 4.75 Å². The molecule has 12 heavy (non-hydrogen) atoms. The van der Waals surface area contributed by atoms with Gasteiger partial charge in [-0.15, -0.1) is 0 Å². The summed E-state index contributed by atoms with van der Waals surface area (Å²) in [5, 5.41) is 0. The molecule has 1 fully saturated rings. The lowest BCUT2D eigenvalue weighted by atomic mass is 10.1. The van der Waals surface area contributed by atoms with E-state index in [1.807, 2.05) is 0 Å². The minimum absolute atomic E-state index is 0.273. The van der Waals surface area contributed by atoms with E-state index in [4.69, 9.17) is 0 Å². The van der Waals surface area contributed by atoms with Gasteiger partial charge in [0.1, 0.15) is 0 Å². The normalized spacial score (nSPS) is 20.9. The van der Waals surface area contributed by atoms with Crippen LogP contribution in [-0.4, -0.2) is 11.0 Å². The van der Waals surface area contributed by atoms with Crippen LogP contribution in [0.1, 0.15) is 46.5 Å². The highest BCUT2D eigenvalue weighted by atomic mass is 32.2. The zero-order valence-corrected chi connectivity index (χ0v) is 9.16. The second kappa shape index (κ2) is 4.31. The summed E-state index contributed by atoms with van der Waals surface area (Å²) >= 11 is 1.69. The molecule has 0 saturated heterocycles. The fourth-order valence-electron chi connectivity index (χ4n) is 1.38. The van der Waals surface area contributed by atoms with Gasteiger partial charge in [0.05, 0.1) is 0 Å². The molecule has 1 saturated carbocycles. The van der Waals surface area contributed by atoms with Crippen molar-refractivity contribution in [2.75, 3.05) is 0 Å². The highest BCUT2D eigenvalue weighted by Gasteiger charge is 2.13. The zero-order chi connectivity index (χ0) is 9.03. The van der Waals surface area contributed by atoms with Crippen molar-refractivity contribution in [3.8, 4) is 0 Å². The van der Waals surface area contributed by atoms with Crippen molar-refractivity contribution in [1.29, 1.82) is 0 Å². The third kappa shape index (κ3) is 4.15. The van der Waals surface area contributed by atoms with Gasteiger partial charge >= 0.3 is 0 Å². The van der Waals surface area contributed by atoms with Gasteiger partial charge in [-0.3, -0.25) is 0 Å². The fraction of sp³-hybridized carbons (Fsp3) is 0.900. The first kappa shape index (κ1) is 10.1. The Balaban J connectivity index is 2.21. The molecule has 0 atom stereocenters. The third-order valence-corrected chi connectivity index (χ3v) is 2.77. The molecule has 0 aliphatic heterocycles. The maximum Gasteiger partial charge on any atom is 0.0294 e. The molecule has 0 bridgehead atoms. The van der Waals surface area contributed by atoms with E-state index in [0.29, 0.717) is 0 Å². The van der Waals surface area contributed by atoms with Gasteiger partial charge in [0.2, 0.25) is 0 Å². The van der Waals surface area contributed by atoms with Crippen molar-refractivity contribution >= 4 is 18.2 Å². The van der Waals surface area contributed by atoms with Crippen LogP contribution in [0.4, 0.5) is 0 Å². The summed E-state index contributed by atoms with van der Waals surface area (Å²) in [5.74, 6) is 0.778. The molecule has 2 heteroatoms. The van der Waals surface area contributed by atoms with Crippen LogP contribution >= 0.6 is 11.9 Å². The Morgan fingerprint density at radius 3 is 2.33 bits per heavy atom. The molecule has 0 N–H and O–H groups in total. The topological polar surface area (TPSA) is 12.4 Å². The van der Waals surface area contributed by atoms with Gasteiger partial charge in [-0.05, 0) is 51.5 Å². The molecule has 1 nitrogen and oxygen atoms in total. The first-order chi connectivity index (χ1) is 5.58. The first-order valence-electron chi connectivity index (χ1n) is 4.79. The van der Waals surface area contributed by atoms with Crippen LogP contribution in [0.3, 0.4) is 0 Å². The molecule has 0 aromatic carbocycles. The van der Waals surface area contributed by atoms with Gasteiger partial charge < -0.3 is 0 Å². The quantitative estimate of drug-likeness (QED) is 0.472. The van der Waals surface area contributed by atoms with Crippen LogP contribution in [-0.2, 0) is 0 Å². The van der Waals surface area contributed by atoms with E-state index in [1.165, 1.54) is 25.7 Å². The summed E-state index contributed by atoms with van der Waals surface area (Å²) in [7, 11) is 0. The van der Waals surface area contributed by atoms with Crippen molar-refractivity contribution in [1.82, 2.24) is 0 Å². The van der Waals surface area contributed by atoms with Gasteiger partial charge in [0.15, 0.2) is 0 Å². The maximum absolute atomic E-state index is 4.42. The summed E-state index contributed by atoms with van der Waals surface area (Å²) in [6, 6.07) is 0. The Morgan fingerprint density at radius 2 is 1.83 bits per heavy atom. The van der Waals surface area contributed by atoms with Crippen LogP contribution in [0, 0.1) is 5.92 Å². The van der Waals surface area contributed by atoms with Crippen molar-refractivity contribution in [3.63, 3.8) is 0 Å². The first-order valence-corrected chi connectivity index (χ1v) is 5.57. The Bertz CT molecular complexity index is 152. The Labute approximate surface area is 80.2 Å². The highest BCUT2D eigenvalue weighted by Crippen LogP contribution is 2.27. The maximum atomic E-state index is 4.42. The molecule has 0 aromatic heterocycles. The van der Waals surface area contributed by atoms with Gasteiger partial charge in [-0.1, -0.05) is 12.8 Å². The van der Waals surface area contributed by atoms with Crippen LogP contribution in [0.15, 0.2) is 4.40 Å². The van der Waals surface area contributed by atoms with E-state index in [1.54, 1.807) is 11.9 Å². The Kier molecular flexibility index (Phi) is 3.63. The molecule has 0 aromatic rings. The van der Waals surface area contributed by atoms with Crippen LogP contribution in [0.5, 0.6) is 0 Å². The predicted octanol–water partition coefficient (Wildman–Crippen LogP) is 3.69. The number of nitrogens with zero attached hydrogens (tertiary/aromatic N) is 1. The summed E-state index contributed by atoms with van der Waals surface area (Å²) in [4.78, 5) is 0. The zero-order valence-electron chi connectivity index (χ0n) is 8.34. The van der Waals surface area contributed by atoms with Gasteiger partial charge in [0.25, 0.3) is 0 Å². The van der Waals surface area contributed by atoms with Gasteiger partial charge in [0, 0.05) is 11.0 Å². The molecule has 0 spiro atoms. The largest absolute Gasteiger partial charge is 0.228 e. The van der Waals surface area contributed by atoms with E-state index >= 15 is 0 Å². The lowest BCUT2D eigenvalue weighted by molar-refractivity contribution is 0.745. The monoisotopic (exact) mass is 185 g/mol. The van der Waals surface area contributed by atoms with Crippen molar-refractivity contribution < 1.29 is 0 Å². The third-order valence-electron chi connectivity index (χ3n) is 2.00. The number of rotatable bonds is 2. The Morgan fingerprint density at radius 1 is 1.25 bits per heavy atom. The molecule has 1 aliphatic rings. The van der Waals surface area contributed by atoms with Crippen molar-refractivity contribution in [2.24, 2.45) is 10.3 Å². The summed E-state index contributed by atoms with van der Waals surface area (Å²) in [6.07, 6.45) is 7.67. The van der Waals surface area contributed by atoms with E-state index in [2.05, 4.69) is 31.4 Å². The molecule has 0 radical (unpaired) electrons. The van der Waals surface area contributed by atoms with Crippen LogP contribution in [0.25, 0.3) is 0 Å². The van der Waals surface area contributed by atoms with E-state index in [9.17, 15) is 0 Å². The molecular formula is C10H19NS. The average Bonchev–Trinajstić information content (AvgIpc) is 2.36. The van der Waals surface area contributed by atoms with Gasteiger partial charge in [-0.2, -0.15) is 0 Å². The summed E-state index contributed by atoms with van der Waals surface area (Å²) in [6.45, 7) is 6.59. The molecule has 70 valence electrons. The standard InChI is InChI=1S/C10H19NS/c1-10(2,3)12-11-8-9-6-4-5-7-9/h8-9H,4-7H2,1-3H3. The van der Waals surface area contributed by atoms with Crippen LogP contribution in [0.2, 0.25) is 0 Å². The lowest BCUT2D eigenvalue weighted by Crippen LogP contribution is -2.05. The van der Waals surface area contributed by atoms with E-state index < -0.39 is 0 Å². The molecule has 0 amide bonds. The summed E-state index contributed by atoms with van der Waals surface area (Å²) < 4.78 is 4.69. The van der Waals surface area contributed by atoms with Gasteiger partial charge in [-0.25, -0.2) is 4.40 Å². The Hall–Kier alpha value is 0.0200. The van der Waals surface area contributed by atoms with Crippen molar-refractivity contribution in [2.45, 2.75) is 51.2 Å². The number of hydrogen-bond donors (Lipinski definition) is 0. The molecule has 0 unspecified atom stereocenters. The molecular weight excluding hydrogens is 166 g/mol. The molecule has 1 aliphatic carbocycles. The van der Waals surface area contributed by atoms with Crippen LogP contribution < -0.4 is 0 Å². The fourth-order valence-corrected chi connectivity index (χ4v) is 1.93. The SMILES string of the molecule is CC(C)(C)SN=CC1CCCC1. The smallest absolute Gasteiger partial charge is 0.0294 e. The second-order valence-corrected chi connectivity index (χ2v) is 6.12. The second-order valence-electron chi connectivity index (χ2n) is 4.50. The molecule has 1 rings (SSSR count). The molecule has 0 heterocycles. The minimum atomic E-state index is 0.273. The number of hydrogen-bond acceptors (Lipinski definition) is 2. The van der Waals surface area contributed by atoms with E-state index in [0.717, 1.165) is 5.92 Å². The van der Waals surface area contributed by atoms with Crippen molar-refractivity contribution in [3.05, 3.63) is 0 Å². The predicted molar refractivity (Wildman–Crippen MR) is 57.8 cm³/mol. The lowest BCUT2D eigenvalue weighted by Gasteiger charge is -2.12. The average molecular weight is 185 g/mol. The highest BCUT2D eigenvalue weighted by molar-refractivity contribution is 7.99. The minimum Gasteiger partial charge on any atom is -0.228 e. The summed E-state index contributed by atoms with van der Waals surface area (Å²) in [5.41, 5.74) is 0.